The summed E-state index contributed by atoms with van der Waals surface area (Å²) in [5.41, 5.74) is 2.63. The maximum atomic E-state index is 5.33. The van der Waals surface area contributed by atoms with E-state index in [9.17, 15) is 0 Å². The third-order valence-electron chi connectivity index (χ3n) is 3.60. The van der Waals surface area contributed by atoms with Crippen LogP contribution in [0.25, 0.3) is 0 Å². The Hall–Kier alpha value is -1.22. The van der Waals surface area contributed by atoms with Crippen LogP contribution >= 0.6 is 0 Å². The van der Waals surface area contributed by atoms with E-state index in [0.717, 1.165) is 25.4 Å². The maximum Gasteiger partial charge on any atom is 0.119 e. The lowest BCUT2D eigenvalue weighted by Gasteiger charge is -2.35. The van der Waals surface area contributed by atoms with Gasteiger partial charge in [-0.15, -0.1) is 0 Å². The Labute approximate surface area is 104 Å². The van der Waals surface area contributed by atoms with Crippen molar-refractivity contribution in [3.63, 3.8) is 0 Å². The number of fused-ring (bicyclic) bond motifs is 1. The number of hydrogen-bond acceptors (Lipinski definition) is 3. The van der Waals surface area contributed by atoms with Crippen LogP contribution in [0.1, 0.15) is 31.9 Å². The molecule has 0 saturated carbocycles. The van der Waals surface area contributed by atoms with Gasteiger partial charge in [0.2, 0.25) is 0 Å². The summed E-state index contributed by atoms with van der Waals surface area (Å²) < 4.78 is 5.33. The first-order chi connectivity index (χ1) is 8.30. The van der Waals surface area contributed by atoms with Crippen molar-refractivity contribution in [3.8, 4) is 5.75 Å². The molecule has 0 amide bonds. The molecular formula is C14H22N2O. The van der Waals surface area contributed by atoms with Crippen molar-refractivity contribution in [1.29, 1.82) is 0 Å². The molecule has 0 saturated heterocycles. The molecule has 94 valence electrons. The van der Waals surface area contributed by atoms with Crippen LogP contribution in [0.15, 0.2) is 18.2 Å². The van der Waals surface area contributed by atoms with E-state index in [2.05, 4.69) is 36.2 Å². The van der Waals surface area contributed by atoms with Crippen molar-refractivity contribution < 1.29 is 4.74 Å². The fourth-order valence-electron chi connectivity index (χ4n) is 2.65. The van der Waals surface area contributed by atoms with Crippen LogP contribution in [0, 0.1) is 0 Å². The summed E-state index contributed by atoms with van der Waals surface area (Å²) in [6, 6.07) is 6.85. The number of benzene rings is 1. The van der Waals surface area contributed by atoms with Crippen LogP contribution in [0.4, 0.5) is 5.69 Å². The minimum atomic E-state index is 0.524. The molecule has 0 bridgehead atoms. The molecule has 0 radical (unpaired) electrons. The second-order valence-corrected chi connectivity index (χ2v) is 4.41. The smallest absolute Gasteiger partial charge is 0.119 e. The Kier molecular flexibility index (Phi) is 3.89. The lowest BCUT2D eigenvalue weighted by atomic mass is 9.96. The summed E-state index contributed by atoms with van der Waals surface area (Å²) in [5.74, 6) is 0.949. The molecule has 1 aromatic carbocycles. The first kappa shape index (κ1) is 12.2. The Morgan fingerprint density at radius 2 is 2.12 bits per heavy atom. The highest BCUT2D eigenvalue weighted by Crippen LogP contribution is 2.36. The predicted octanol–water partition coefficient (Wildman–Crippen LogP) is 2.89. The van der Waals surface area contributed by atoms with Gasteiger partial charge in [-0.25, -0.2) is 0 Å². The zero-order valence-electron chi connectivity index (χ0n) is 11.0. The molecule has 1 atom stereocenters. The van der Waals surface area contributed by atoms with Gasteiger partial charge in [-0.05, 0) is 43.3 Å². The predicted molar refractivity (Wildman–Crippen MR) is 71.8 cm³/mol. The summed E-state index contributed by atoms with van der Waals surface area (Å²) in [6.45, 7) is 7.70. The molecule has 3 heteroatoms. The number of anilines is 1. The van der Waals surface area contributed by atoms with Crippen LogP contribution in [-0.2, 0) is 0 Å². The molecule has 3 nitrogen and oxygen atoms in total. The lowest BCUT2D eigenvalue weighted by Crippen LogP contribution is -2.33. The van der Waals surface area contributed by atoms with Gasteiger partial charge in [-0.1, -0.05) is 13.8 Å². The molecule has 1 unspecified atom stereocenters. The molecule has 0 aliphatic carbocycles. The monoisotopic (exact) mass is 234 g/mol. The minimum absolute atomic E-state index is 0.524. The first-order valence-electron chi connectivity index (χ1n) is 6.46. The van der Waals surface area contributed by atoms with Crippen molar-refractivity contribution in [3.05, 3.63) is 23.8 Å². The van der Waals surface area contributed by atoms with Crippen molar-refractivity contribution in [2.75, 3.05) is 32.1 Å². The third-order valence-corrected chi connectivity index (χ3v) is 3.60. The van der Waals surface area contributed by atoms with Crippen molar-refractivity contribution in [2.45, 2.75) is 26.3 Å². The molecule has 1 aliphatic heterocycles. The summed E-state index contributed by atoms with van der Waals surface area (Å²) in [7, 11) is 1.73. The summed E-state index contributed by atoms with van der Waals surface area (Å²) >= 11 is 0. The fraction of sp³-hybridized carbons (Fsp3) is 0.571. The molecule has 0 aromatic heterocycles. The molecule has 17 heavy (non-hydrogen) atoms. The number of methoxy groups -OCH3 is 1. The van der Waals surface area contributed by atoms with E-state index in [1.165, 1.54) is 17.7 Å². The number of rotatable bonds is 4. The van der Waals surface area contributed by atoms with Gasteiger partial charge >= 0.3 is 0 Å². The quantitative estimate of drug-likeness (QED) is 0.867. The van der Waals surface area contributed by atoms with Crippen LogP contribution in [0.5, 0.6) is 5.75 Å². The van der Waals surface area contributed by atoms with Gasteiger partial charge in [-0.3, -0.25) is 4.90 Å². The Bertz CT molecular complexity index is 374. The van der Waals surface area contributed by atoms with E-state index in [1.54, 1.807) is 7.11 Å². The standard InChI is InChI=1S/C14H22N2O/c1-4-16(5-2)14-8-9-15-13-7-6-11(17-3)10-12(13)14/h6-7,10,14-15H,4-5,8-9H2,1-3H3. The second-order valence-electron chi connectivity index (χ2n) is 4.41. The number of hydrogen-bond donors (Lipinski definition) is 1. The highest BCUT2D eigenvalue weighted by atomic mass is 16.5. The van der Waals surface area contributed by atoms with E-state index in [1.807, 2.05) is 6.07 Å². The van der Waals surface area contributed by atoms with E-state index in [4.69, 9.17) is 4.74 Å². The Morgan fingerprint density at radius 1 is 1.35 bits per heavy atom. The van der Waals surface area contributed by atoms with Gasteiger partial charge in [0.15, 0.2) is 0 Å². The topological polar surface area (TPSA) is 24.5 Å². The molecule has 0 fully saturated rings. The lowest BCUT2D eigenvalue weighted by molar-refractivity contribution is 0.208. The van der Waals surface area contributed by atoms with Gasteiger partial charge in [0.05, 0.1) is 7.11 Å². The van der Waals surface area contributed by atoms with Gasteiger partial charge in [-0.2, -0.15) is 0 Å². The largest absolute Gasteiger partial charge is 0.497 e. The zero-order chi connectivity index (χ0) is 12.3. The van der Waals surface area contributed by atoms with Crippen LogP contribution < -0.4 is 10.1 Å². The molecule has 1 heterocycles. The average Bonchev–Trinajstić information content (AvgIpc) is 2.40. The molecule has 0 spiro atoms. The van der Waals surface area contributed by atoms with Crippen LogP contribution in [0.3, 0.4) is 0 Å². The van der Waals surface area contributed by atoms with Gasteiger partial charge in [0.25, 0.3) is 0 Å². The van der Waals surface area contributed by atoms with Crippen molar-refractivity contribution >= 4 is 5.69 Å². The highest BCUT2D eigenvalue weighted by Gasteiger charge is 2.24. The van der Waals surface area contributed by atoms with Gasteiger partial charge < -0.3 is 10.1 Å². The molecule has 1 aromatic rings. The number of nitrogens with zero attached hydrogens (tertiary/aromatic N) is 1. The molecular weight excluding hydrogens is 212 g/mol. The normalized spacial score (nSPS) is 18.7. The van der Waals surface area contributed by atoms with Crippen molar-refractivity contribution in [1.82, 2.24) is 4.90 Å². The second kappa shape index (κ2) is 5.41. The first-order valence-corrected chi connectivity index (χ1v) is 6.46. The SMILES string of the molecule is CCN(CC)C1CCNc2ccc(OC)cc21. The Morgan fingerprint density at radius 3 is 2.76 bits per heavy atom. The third kappa shape index (κ3) is 2.39. The Balaban J connectivity index is 2.34. The fourth-order valence-corrected chi connectivity index (χ4v) is 2.65. The van der Waals surface area contributed by atoms with E-state index in [0.29, 0.717) is 6.04 Å². The van der Waals surface area contributed by atoms with Gasteiger partial charge in [0, 0.05) is 18.3 Å². The number of nitrogens with one attached hydrogen (secondary N) is 1. The molecule has 1 aliphatic rings. The van der Waals surface area contributed by atoms with Gasteiger partial charge in [0.1, 0.15) is 5.75 Å². The summed E-state index contributed by atoms with van der Waals surface area (Å²) in [6.07, 6.45) is 1.17. The van der Waals surface area contributed by atoms with E-state index < -0.39 is 0 Å². The number of ether oxygens (including phenoxy) is 1. The highest BCUT2D eigenvalue weighted by molar-refractivity contribution is 5.57. The minimum Gasteiger partial charge on any atom is -0.497 e. The van der Waals surface area contributed by atoms with Crippen LogP contribution in [-0.4, -0.2) is 31.6 Å². The van der Waals surface area contributed by atoms with Crippen molar-refractivity contribution in [2.24, 2.45) is 0 Å². The maximum absolute atomic E-state index is 5.33. The van der Waals surface area contributed by atoms with E-state index >= 15 is 0 Å². The van der Waals surface area contributed by atoms with Crippen LogP contribution in [0.2, 0.25) is 0 Å². The average molecular weight is 234 g/mol. The molecule has 2 rings (SSSR count). The van der Waals surface area contributed by atoms with E-state index in [-0.39, 0.29) is 0 Å². The summed E-state index contributed by atoms with van der Waals surface area (Å²) in [5, 5.41) is 3.46. The zero-order valence-corrected chi connectivity index (χ0v) is 11.0. The summed E-state index contributed by atoms with van der Waals surface area (Å²) in [4.78, 5) is 2.51. The molecule has 1 N–H and O–H groups in total.